The van der Waals surface area contributed by atoms with Gasteiger partial charge >= 0.3 is 5.97 Å². The molecule has 2 aliphatic carbocycles. The van der Waals surface area contributed by atoms with Crippen LogP contribution in [0.5, 0.6) is 0 Å². The molecule has 1 heterocycles. The Morgan fingerprint density at radius 1 is 1.07 bits per heavy atom. The number of hydrogen-bond donors (Lipinski definition) is 1. The summed E-state index contributed by atoms with van der Waals surface area (Å²) < 4.78 is 17.7. The average Bonchev–Trinajstić information content (AvgIpc) is 3.32. The smallest absolute Gasteiger partial charge is 0.326 e. The molecule has 4 rings (SSSR count). The van der Waals surface area contributed by atoms with Crippen LogP contribution in [0.2, 0.25) is 0 Å². The molecule has 8 heteroatoms. The van der Waals surface area contributed by atoms with E-state index in [0.717, 1.165) is 11.3 Å². The van der Waals surface area contributed by atoms with Crippen LogP contribution in [-0.4, -0.2) is 41.7 Å². The van der Waals surface area contributed by atoms with E-state index >= 15 is 0 Å². The molecule has 7 nitrogen and oxygen atoms in total. The lowest BCUT2D eigenvalue weighted by molar-refractivity contribution is -0.154. The molecule has 1 saturated carbocycles. The number of carbonyl (C=O) groups excluding carboxylic acids is 4. The van der Waals surface area contributed by atoms with Gasteiger partial charge in [-0.1, -0.05) is 12.2 Å². The third-order valence-corrected chi connectivity index (χ3v) is 5.34. The lowest BCUT2D eigenvalue weighted by Gasteiger charge is -2.16. The van der Waals surface area contributed by atoms with Gasteiger partial charge in [0, 0.05) is 5.69 Å². The van der Waals surface area contributed by atoms with E-state index in [9.17, 15) is 23.6 Å². The number of nitrogens with zero attached hydrogens (tertiary/aromatic N) is 1. The number of anilines is 1. The molecule has 1 aromatic carbocycles. The molecule has 2 fully saturated rings. The summed E-state index contributed by atoms with van der Waals surface area (Å²) in [5.41, 5.74) is 0.359. The number of ether oxygens (including phenoxy) is 1. The second-order valence-corrected chi connectivity index (χ2v) is 6.98. The molecule has 1 N–H and O–H groups in total. The highest BCUT2D eigenvalue weighted by Crippen LogP contribution is 2.52. The van der Waals surface area contributed by atoms with Crippen LogP contribution in [0.25, 0.3) is 0 Å². The van der Waals surface area contributed by atoms with Crippen LogP contribution in [0.4, 0.5) is 10.1 Å². The van der Waals surface area contributed by atoms with Crippen LogP contribution in [0, 0.1) is 29.5 Å². The zero-order valence-electron chi connectivity index (χ0n) is 14.3. The van der Waals surface area contributed by atoms with Crippen LogP contribution < -0.4 is 5.32 Å². The number of fused-ring (bicyclic) bond motifs is 5. The van der Waals surface area contributed by atoms with Gasteiger partial charge in [0.25, 0.3) is 5.91 Å². The quantitative estimate of drug-likeness (QED) is 0.475. The number of benzene rings is 1. The summed E-state index contributed by atoms with van der Waals surface area (Å²) >= 11 is 0. The van der Waals surface area contributed by atoms with Crippen molar-refractivity contribution in [3.63, 3.8) is 0 Å². The number of rotatable bonds is 5. The Bertz CT molecular complexity index is 820. The molecular weight excluding hydrogens is 355 g/mol. The maximum absolute atomic E-state index is 12.8. The fourth-order valence-corrected chi connectivity index (χ4v) is 4.17. The lowest BCUT2D eigenvalue weighted by atomic mass is 9.85. The number of likely N-dealkylation sites (tertiary alicyclic amines) is 1. The molecule has 0 radical (unpaired) electrons. The van der Waals surface area contributed by atoms with Gasteiger partial charge in [0.2, 0.25) is 11.8 Å². The van der Waals surface area contributed by atoms with Crippen LogP contribution in [0.3, 0.4) is 0 Å². The summed E-state index contributed by atoms with van der Waals surface area (Å²) in [6.45, 7) is -1.06. The molecule has 1 saturated heterocycles. The Morgan fingerprint density at radius 3 is 2.26 bits per heavy atom. The molecule has 0 aromatic heterocycles. The fourth-order valence-electron chi connectivity index (χ4n) is 4.17. The molecule has 2 bridgehead atoms. The fraction of sp³-hybridized carbons (Fsp3) is 0.368. The van der Waals surface area contributed by atoms with E-state index < -0.39 is 30.8 Å². The van der Waals surface area contributed by atoms with E-state index in [-0.39, 0.29) is 35.5 Å². The van der Waals surface area contributed by atoms with E-state index in [1.807, 2.05) is 12.2 Å². The normalized spacial score (nSPS) is 27.8. The molecular formula is C19H17FN2O5. The van der Waals surface area contributed by atoms with E-state index in [1.54, 1.807) is 0 Å². The van der Waals surface area contributed by atoms with Crippen molar-refractivity contribution in [3.05, 3.63) is 42.2 Å². The number of allylic oxidation sites excluding steroid dienone is 2. The maximum Gasteiger partial charge on any atom is 0.326 e. The Hall–Kier alpha value is -3.03. The van der Waals surface area contributed by atoms with Crippen molar-refractivity contribution in [1.29, 1.82) is 0 Å². The number of halogens is 1. The van der Waals surface area contributed by atoms with Gasteiger partial charge in [0.1, 0.15) is 12.4 Å². The largest absolute Gasteiger partial charge is 0.454 e. The number of imide groups is 1. The average molecular weight is 372 g/mol. The van der Waals surface area contributed by atoms with Gasteiger partial charge < -0.3 is 10.1 Å². The molecule has 0 unspecified atom stereocenters. The number of esters is 1. The van der Waals surface area contributed by atoms with E-state index in [1.165, 1.54) is 24.3 Å². The van der Waals surface area contributed by atoms with Crippen molar-refractivity contribution >= 4 is 29.4 Å². The standard InChI is InChI=1S/C19H17FN2O5/c20-12-3-5-13(6-4-12)21-14(23)9-27-15(24)8-22-18(25)16-10-1-2-11(7-10)17(16)19(22)26/h1-6,10-11,16-17H,7-9H2,(H,21,23)/t10-,11+,16-,17-/m0/s1. The Labute approximate surface area is 154 Å². The first kappa shape index (κ1) is 17.4. The Balaban J connectivity index is 1.28. The van der Waals surface area contributed by atoms with Gasteiger partial charge in [-0.2, -0.15) is 0 Å². The van der Waals surface area contributed by atoms with Crippen molar-refractivity contribution in [2.45, 2.75) is 6.42 Å². The molecule has 4 atom stereocenters. The number of amides is 3. The summed E-state index contributed by atoms with van der Waals surface area (Å²) in [4.78, 5) is 49.7. The molecule has 140 valence electrons. The van der Waals surface area contributed by atoms with E-state index in [0.29, 0.717) is 5.69 Å². The van der Waals surface area contributed by atoms with Gasteiger partial charge in [-0.15, -0.1) is 0 Å². The van der Waals surface area contributed by atoms with E-state index in [4.69, 9.17) is 4.74 Å². The van der Waals surface area contributed by atoms with Gasteiger partial charge in [-0.3, -0.25) is 24.1 Å². The van der Waals surface area contributed by atoms with Crippen molar-refractivity contribution in [3.8, 4) is 0 Å². The van der Waals surface area contributed by atoms with Crippen LogP contribution in [0.15, 0.2) is 36.4 Å². The van der Waals surface area contributed by atoms with E-state index in [2.05, 4.69) is 5.32 Å². The zero-order valence-corrected chi connectivity index (χ0v) is 14.3. The summed E-state index contributed by atoms with van der Waals surface area (Å²) in [6, 6.07) is 5.12. The number of nitrogens with one attached hydrogen (secondary N) is 1. The number of hydrogen-bond acceptors (Lipinski definition) is 5. The van der Waals surface area contributed by atoms with Crippen LogP contribution in [0.1, 0.15) is 6.42 Å². The summed E-state index contributed by atoms with van der Waals surface area (Å²) in [6.07, 6.45) is 4.76. The SMILES string of the molecule is O=C(COC(=O)CN1C(=O)[C@@H]2[C@@H](C1=O)[C@H]1C=C[C@@H]2C1)Nc1ccc(F)cc1. The molecule has 0 spiro atoms. The number of carbonyl (C=O) groups is 4. The monoisotopic (exact) mass is 372 g/mol. The molecule has 1 aliphatic heterocycles. The minimum Gasteiger partial charge on any atom is -0.454 e. The van der Waals surface area contributed by atoms with Gasteiger partial charge in [0.05, 0.1) is 11.8 Å². The van der Waals surface area contributed by atoms with Crippen LogP contribution in [-0.2, 0) is 23.9 Å². The van der Waals surface area contributed by atoms with Gasteiger partial charge in [-0.05, 0) is 42.5 Å². The zero-order chi connectivity index (χ0) is 19.1. The third kappa shape index (κ3) is 3.11. The molecule has 3 amide bonds. The maximum atomic E-state index is 12.8. The third-order valence-electron chi connectivity index (χ3n) is 5.34. The van der Waals surface area contributed by atoms with Crippen LogP contribution >= 0.6 is 0 Å². The first-order valence-electron chi connectivity index (χ1n) is 8.68. The van der Waals surface area contributed by atoms with Crippen molar-refractivity contribution < 1.29 is 28.3 Å². The second-order valence-electron chi connectivity index (χ2n) is 6.98. The summed E-state index contributed by atoms with van der Waals surface area (Å²) in [5.74, 6) is -3.15. The predicted octanol–water partition coefficient (Wildman–Crippen LogP) is 1.11. The first-order valence-corrected chi connectivity index (χ1v) is 8.68. The van der Waals surface area contributed by atoms with Crippen molar-refractivity contribution in [2.24, 2.45) is 23.7 Å². The summed E-state index contributed by atoms with van der Waals surface area (Å²) in [7, 11) is 0. The Morgan fingerprint density at radius 2 is 1.67 bits per heavy atom. The second kappa shape index (κ2) is 6.61. The van der Waals surface area contributed by atoms with Gasteiger partial charge in [-0.25, -0.2) is 4.39 Å². The highest BCUT2D eigenvalue weighted by Gasteiger charge is 2.59. The predicted molar refractivity (Wildman–Crippen MR) is 90.4 cm³/mol. The lowest BCUT2D eigenvalue weighted by Crippen LogP contribution is -2.38. The molecule has 1 aromatic rings. The Kier molecular flexibility index (Phi) is 4.25. The summed E-state index contributed by atoms with van der Waals surface area (Å²) in [5, 5.41) is 2.45. The minimum atomic E-state index is -0.828. The molecule has 27 heavy (non-hydrogen) atoms. The first-order chi connectivity index (χ1) is 12.9. The minimum absolute atomic E-state index is 0.0685. The highest BCUT2D eigenvalue weighted by molar-refractivity contribution is 6.08. The topological polar surface area (TPSA) is 92.8 Å². The highest BCUT2D eigenvalue weighted by atomic mass is 19.1. The van der Waals surface area contributed by atoms with Crippen molar-refractivity contribution in [2.75, 3.05) is 18.5 Å². The molecule has 3 aliphatic rings. The van der Waals surface area contributed by atoms with Crippen molar-refractivity contribution in [1.82, 2.24) is 4.90 Å². The van der Waals surface area contributed by atoms with Gasteiger partial charge in [0.15, 0.2) is 6.61 Å².